The van der Waals surface area contributed by atoms with Gasteiger partial charge in [-0.2, -0.15) is 0 Å². The summed E-state index contributed by atoms with van der Waals surface area (Å²) in [6.45, 7) is 15.2. The Morgan fingerprint density at radius 3 is 1.62 bits per heavy atom. The van der Waals surface area contributed by atoms with Crippen molar-refractivity contribution in [1.82, 2.24) is 0 Å². The lowest BCUT2D eigenvalue weighted by molar-refractivity contribution is -0.182. The highest BCUT2D eigenvalue weighted by molar-refractivity contribution is 5.77. The number of ether oxygens (including phenoxy) is 2. The van der Waals surface area contributed by atoms with Gasteiger partial charge in [0.15, 0.2) is 6.10 Å². The van der Waals surface area contributed by atoms with Gasteiger partial charge in [-0.1, -0.05) is 55.5 Å². The fraction of sp³-hybridized carbons (Fsp3) is 0.500. The van der Waals surface area contributed by atoms with Crippen LogP contribution in [0.3, 0.4) is 0 Å². The van der Waals surface area contributed by atoms with E-state index >= 15 is 0 Å². The van der Waals surface area contributed by atoms with Crippen LogP contribution in [0, 0.1) is 17.8 Å². The molecule has 4 atom stereocenters. The van der Waals surface area contributed by atoms with Crippen molar-refractivity contribution >= 4 is 11.9 Å². The molecule has 0 amide bonds. The Morgan fingerprint density at radius 1 is 0.688 bits per heavy atom. The van der Waals surface area contributed by atoms with Crippen LogP contribution >= 0.6 is 0 Å². The van der Waals surface area contributed by atoms with Gasteiger partial charge in [-0.3, -0.25) is 9.59 Å². The molecule has 0 heterocycles. The van der Waals surface area contributed by atoms with Gasteiger partial charge in [0, 0.05) is 5.92 Å². The van der Waals surface area contributed by atoms with E-state index in [1.807, 2.05) is 72.7 Å². The predicted octanol–water partition coefficient (Wildman–Crippen LogP) is 6.16. The maximum Gasteiger partial charge on any atom is 0.311 e. The van der Waals surface area contributed by atoms with Crippen molar-refractivity contribution in [3.8, 4) is 0 Å². The summed E-state index contributed by atoms with van der Waals surface area (Å²) in [5.74, 6) is -0.943. The Morgan fingerprint density at radius 2 is 1.12 bits per heavy atom. The van der Waals surface area contributed by atoms with Gasteiger partial charge < -0.3 is 9.47 Å². The summed E-state index contributed by atoms with van der Waals surface area (Å²) in [5, 5.41) is 0. The van der Waals surface area contributed by atoms with Gasteiger partial charge in [-0.05, 0) is 70.7 Å². The minimum atomic E-state index is -0.672. The van der Waals surface area contributed by atoms with Crippen LogP contribution in [0.1, 0.15) is 82.6 Å². The molecule has 2 unspecified atom stereocenters. The minimum Gasteiger partial charge on any atom is -0.457 e. The van der Waals surface area contributed by atoms with E-state index in [1.54, 1.807) is 0 Å². The molecule has 0 bridgehead atoms. The molecule has 3 rings (SSSR count). The third-order valence-electron chi connectivity index (χ3n) is 6.20. The van der Waals surface area contributed by atoms with Crippen LogP contribution in [0.5, 0.6) is 0 Å². The number of carbonyl (C=O) groups is 2. The van der Waals surface area contributed by atoms with Gasteiger partial charge >= 0.3 is 11.9 Å². The quantitative estimate of drug-likeness (QED) is 0.541. The highest BCUT2D eigenvalue weighted by Gasteiger charge is 2.48. The zero-order valence-corrected chi connectivity index (χ0v) is 20.6. The standard InChI is InChI=1S/C28H36O4/c1-17-13-9-10-14-19(17)22-21-16-12-11-15-20(21)18(2)23(31-25(29)27(3,4)5)24(22)32-26(30)28(6,7)8/h9-16,18,22-24H,1-8H3/t18-,22-,23?,24?/m0/s1. The van der Waals surface area contributed by atoms with Crippen molar-refractivity contribution in [2.45, 2.75) is 79.4 Å². The largest absolute Gasteiger partial charge is 0.457 e. The molecule has 1 aliphatic rings. The summed E-state index contributed by atoms with van der Waals surface area (Å²) in [7, 11) is 0. The van der Waals surface area contributed by atoms with E-state index in [-0.39, 0.29) is 23.8 Å². The summed E-state index contributed by atoms with van der Waals surface area (Å²) in [6.07, 6.45) is -1.22. The second-order valence-corrected chi connectivity index (χ2v) is 11.0. The number of aryl methyl sites for hydroxylation is 1. The lowest BCUT2D eigenvalue weighted by atomic mass is 9.70. The van der Waals surface area contributed by atoms with Crippen LogP contribution in [0.15, 0.2) is 48.5 Å². The predicted molar refractivity (Wildman–Crippen MR) is 127 cm³/mol. The van der Waals surface area contributed by atoms with E-state index in [0.717, 1.165) is 22.3 Å². The van der Waals surface area contributed by atoms with Gasteiger partial charge in [0.05, 0.1) is 16.7 Å². The average molecular weight is 437 g/mol. The van der Waals surface area contributed by atoms with Crippen molar-refractivity contribution in [3.05, 3.63) is 70.8 Å². The molecular formula is C28H36O4. The Labute approximate surface area is 192 Å². The van der Waals surface area contributed by atoms with Crippen LogP contribution in [0.25, 0.3) is 0 Å². The second kappa shape index (κ2) is 8.73. The maximum absolute atomic E-state index is 13.1. The SMILES string of the molecule is Cc1ccccc1[C@H]1c2ccccc2[C@H](C)C(OC(=O)C(C)(C)C)C1OC(=O)C(C)(C)C. The van der Waals surface area contributed by atoms with Gasteiger partial charge in [0.2, 0.25) is 0 Å². The third-order valence-corrected chi connectivity index (χ3v) is 6.20. The molecule has 0 radical (unpaired) electrons. The fourth-order valence-electron chi connectivity index (χ4n) is 4.22. The third kappa shape index (κ3) is 4.74. The van der Waals surface area contributed by atoms with Crippen molar-refractivity contribution in [2.24, 2.45) is 10.8 Å². The molecule has 0 fully saturated rings. The molecule has 4 nitrogen and oxygen atoms in total. The van der Waals surface area contributed by atoms with E-state index in [2.05, 4.69) is 31.2 Å². The van der Waals surface area contributed by atoms with Crippen LogP contribution in [-0.4, -0.2) is 24.1 Å². The topological polar surface area (TPSA) is 52.6 Å². The van der Waals surface area contributed by atoms with Crippen LogP contribution in [0.4, 0.5) is 0 Å². The van der Waals surface area contributed by atoms with E-state index < -0.39 is 23.0 Å². The number of hydrogen-bond acceptors (Lipinski definition) is 4. The number of esters is 2. The highest BCUT2D eigenvalue weighted by atomic mass is 16.6. The molecule has 0 aliphatic heterocycles. The summed E-state index contributed by atoms with van der Waals surface area (Å²) in [5.41, 5.74) is 3.09. The summed E-state index contributed by atoms with van der Waals surface area (Å²) < 4.78 is 12.3. The van der Waals surface area contributed by atoms with Crippen molar-refractivity contribution in [1.29, 1.82) is 0 Å². The molecule has 172 valence electrons. The fourth-order valence-corrected chi connectivity index (χ4v) is 4.22. The van der Waals surface area contributed by atoms with E-state index in [0.29, 0.717) is 0 Å². The minimum absolute atomic E-state index is 0.115. The zero-order chi connectivity index (χ0) is 23.8. The molecule has 1 aliphatic carbocycles. The molecule has 0 aromatic heterocycles. The number of fused-ring (bicyclic) bond motifs is 1. The second-order valence-electron chi connectivity index (χ2n) is 11.0. The smallest absolute Gasteiger partial charge is 0.311 e. The van der Waals surface area contributed by atoms with Gasteiger partial charge in [0.25, 0.3) is 0 Å². The molecule has 2 aromatic rings. The first-order chi connectivity index (χ1) is 14.8. The number of benzene rings is 2. The Balaban J connectivity index is 2.20. The Hall–Kier alpha value is -2.62. The Bertz CT molecular complexity index is 993. The van der Waals surface area contributed by atoms with Crippen molar-refractivity contribution in [3.63, 3.8) is 0 Å². The van der Waals surface area contributed by atoms with Crippen molar-refractivity contribution in [2.75, 3.05) is 0 Å². The molecule has 2 aromatic carbocycles. The number of hydrogen-bond donors (Lipinski definition) is 0. The van der Waals surface area contributed by atoms with Gasteiger partial charge in [-0.25, -0.2) is 0 Å². The summed E-state index contributed by atoms with van der Waals surface area (Å²) in [6, 6.07) is 16.4. The summed E-state index contributed by atoms with van der Waals surface area (Å²) >= 11 is 0. The number of carbonyl (C=O) groups excluding carboxylic acids is 2. The highest BCUT2D eigenvalue weighted by Crippen LogP contribution is 2.46. The van der Waals surface area contributed by atoms with Crippen molar-refractivity contribution < 1.29 is 19.1 Å². The molecule has 4 heteroatoms. The normalized spacial score (nSPS) is 23.2. The first-order valence-corrected chi connectivity index (χ1v) is 11.4. The molecular weight excluding hydrogens is 400 g/mol. The first-order valence-electron chi connectivity index (χ1n) is 11.4. The molecule has 32 heavy (non-hydrogen) atoms. The monoisotopic (exact) mass is 436 g/mol. The first kappa shape index (κ1) is 24.0. The zero-order valence-electron chi connectivity index (χ0n) is 20.6. The number of rotatable bonds is 3. The molecule has 0 saturated carbocycles. The van der Waals surface area contributed by atoms with Gasteiger partial charge in [0.1, 0.15) is 6.10 Å². The maximum atomic E-state index is 13.1. The van der Waals surface area contributed by atoms with Crippen LogP contribution < -0.4 is 0 Å². The molecule has 0 N–H and O–H groups in total. The molecule has 0 spiro atoms. The average Bonchev–Trinajstić information content (AvgIpc) is 2.70. The van der Waals surface area contributed by atoms with Gasteiger partial charge in [-0.15, -0.1) is 0 Å². The van der Waals surface area contributed by atoms with E-state index in [4.69, 9.17) is 9.47 Å². The summed E-state index contributed by atoms with van der Waals surface area (Å²) in [4.78, 5) is 26.0. The van der Waals surface area contributed by atoms with E-state index in [1.165, 1.54) is 0 Å². The van der Waals surface area contributed by atoms with E-state index in [9.17, 15) is 9.59 Å². The Kier molecular flexibility index (Phi) is 6.55. The molecule has 0 saturated heterocycles. The lowest BCUT2D eigenvalue weighted by Gasteiger charge is -2.44. The lowest BCUT2D eigenvalue weighted by Crippen LogP contribution is -2.49. The van der Waals surface area contributed by atoms with Crippen LogP contribution in [-0.2, 0) is 19.1 Å². The van der Waals surface area contributed by atoms with Crippen LogP contribution in [0.2, 0.25) is 0 Å².